The number of benzene rings is 2. The highest BCUT2D eigenvalue weighted by molar-refractivity contribution is 7.90. The zero-order valence-corrected chi connectivity index (χ0v) is 14.9. The van der Waals surface area contributed by atoms with Crippen molar-refractivity contribution in [3.8, 4) is 5.75 Å². The summed E-state index contributed by atoms with van der Waals surface area (Å²) in [5.74, 6) is -0.452. The predicted octanol–water partition coefficient (Wildman–Crippen LogP) is 3.78. The first-order valence-corrected chi connectivity index (χ1v) is 9.33. The van der Waals surface area contributed by atoms with Gasteiger partial charge in [-0.1, -0.05) is 11.6 Å². The summed E-state index contributed by atoms with van der Waals surface area (Å²) in [6.45, 7) is -0.470. The van der Waals surface area contributed by atoms with Crippen LogP contribution in [0, 0.1) is 0 Å². The van der Waals surface area contributed by atoms with E-state index in [0.717, 1.165) is 18.4 Å². The predicted molar refractivity (Wildman–Crippen MR) is 90.1 cm³/mol. The molecule has 0 atom stereocenters. The minimum absolute atomic E-state index is 0.0808. The number of carbonyl (C=O) groups excluding carboxylic acids is 1. The van der Waals surface area contributed by atoms with E-state index in [1.807, 2.05) is 0 Å². The lowest BCUT2D eigenvalue weighted by molar-refractivity contribution is -0.137. The summed E-state index contributed by atoms with van der Waals surface area (Å²) in [5.41, 5.74) is -1.14. The Kier molecular flexibility index (Phi) is 5.82. The minimum atomic E-state index is -4.64. The second-order valence-electron chi connectivity index (χ2n) is 5.27. The first kappa shape index (κ1) is 20.1. The quantitative estimate of drug-likeness (QED) is 0.818. The van der Waals surface area contributed by atoms with Gasteiger partial charge in [-0.15, -0.1) is 0 Å². The fourth-order valence-electron chi connectivity index (χ4n) is 1.95. The van der Waals surface area contributed by atoms with Crippen LogP contribution in [0.5, 0.6) is 5.75 Å². The summed E-state index contributed by atoms with van der Waals surface area (Å²) in [6.07, 6.45) is -3.59. The molecule has 10 heteroatoms. The lowest BCUT2D eigenvalue weighted by Gasteiger charge is -2.12. The number of carbonyl (C=O) groups is 1. The Morgan fingerprint density at radius 1 is 1.15 bits per heavy atom. The molecule has 0 saturated heterocycles. The Morgan fingerprint density at radius 2 is 1.77 bits per heavy atom. The van der Waals surface area contributed by atoms with Crippen LogP contribution < -0.4 is 10.1 Å². The first-order chi connectivity index (χ1) is 12.0. The summed E-state index contributed by atoms with van der Waals surface area (Å²) >= 11 is 5.50. The van der Waals surface area contributed by atoms with Gasteiger partial charge in [0.2, 0.25) is 0 Å². The summed E-state index contributed by atoms with van der Waals surface area (Å²) in [5, 5.41) is 1.79. The van der Waals surface area contributed by atoms with Gasteiger partial charge in [0.25, 0.3) is 5.91 Å². The van der Waals surface area contributed by atoms with Crippen molar-refractivity contribution < 1.29 is 31.1 Å². The largest absolute Gasteiger partial charge is 0.484 e. The van der Waals surface area contributed by atoms with Crippen LogP contribution in [0.3, 0.4) is 0 Å². The van der Waals surface area contributed by atoms with E-state index in [1.54, 1.807) is 0 Å². The number of alkyl halides is 3. The maximum Gasteiger partial charge on any atom is 0.417 e. The monoisotopic (exact) mass is 407 g/mol. The number of amides is 1. The van der Waals surface area contributed by atoms with Crippen LogP contribution in [0.4, 0.5) is 18.9 Å². The minimum Gasteiger partial charge on any atom is -0.484 e. The van der Waals surface area contributed by atoms with Crippen molar-refractivity contribution in [2.24, 2.45) is 0 Å². The molecule has 0 radical (unpaired) electrons. The molecular formula is C16H13ClF3NO4S. The molecule has 0 fully saturated rings. The molecule has 140 valence electrons. The highest BCUT2D eigenvalue weighted by Crippen LogP contribution is 2.36. The second-order valence-corrected chi connectivity index (χ2v) is 7.70. The standard InChI is InChI=1S/C16H13ClF3NO4S/c1-26(23,24)12-5-3-11(4-6-12)25-9-15(22)21-10-2-7-14(17)13(8-10)16(18,19)20/h2-8H,9H2,1H3,(H,21,22). The maximum absolute atomic E-state index is 12.8. The van der Waals surface area contributed by atoms with Gasteiger partial charge in [0.1, 0.15) is 5.75 Å². The SMILES string of the molecule is CS(=O)(=O)c1ccc(OCC(=O)Nc2ccc(Cl)c(C(F)(F)F)c2)cc1. The molecule has 2 rings (SSSR count). The number of rotatable bonds is 5. The molecule has 0 aliphatic rings. The van der Waals surface area contributed by atoms with Gasteiger partial charge >= 0.3 is 6.18 Å². The van der Waals surface area contributed by atoms with Crippen molar-refractivity contribution in [2.45, 2.75) is 11.1 Å². The third-order valence-electron chi connectivity index (χ3n) is 3.18. The number of ether oxygens (including phenoxy) is 1. The average Bonchev–Trinajstić information content (AvgIpc) is 2.53. The Hall–Kier alpha value is -2.26. The summed E-state index contributed by atoms with van der Waals surface area (Å²) in [6, 6.07) is 8.36. The molecule has 2 aromatic carbocycles. The van der Waals surface area contributed by atoms with Gasteiger partial charge in [-0.05, 0) is 42.5 Å². The van der Waals surface area contributed by atoms with E-state index in [0.29, 0.717) is 0 Å². The molecule has 0 unspecified atom stereocenters. The van der Waals surface area contributed by atoms with E-state index >= 15 is 0 Å². The number of hydrogen-bond donors (Lipinski definition) is 1. The molecule has 2 aromatic rings. The molecule has 5 nitrogen and oxygen atoms in total. The summed E-state index contributed by atoms with van der Waals surface area (Å²) in [7, 11) is -3.35. The van der Waals surface area contributed by atoms with Crippen LogP contribution in [-0.2, 0) is 20.8 Å². The van der Waals surface area contributed by atoms with Gasteiger partial charge in [-0.25, -0.2) is 8.42 Å². The van der Waals surface area contributed by atoms with Crippen LogP contribution in [0.25, 0.3) is 0 Å². The number of anilines is 1. The molecule has 1 amide bonds. The molecule has 0 aromatic heterocycles. The van der Waals surface area contributed by atoms with Gasteiger partial charge in [0.15, 0.2) is 16.4 Å². The fraction of sp³-hybridized carbons (Fsp3) is 0.188. The van der Waals surface area contributed by atoms with Gasteiger partial charge in [-0.2, -0.15) is 13.2 Å². The third kappa shape index (κ3) is 5.37. The van der Waals surface area contributed by atoms with E-state index < -0.39 is 39.1 Å². The van der Waals surface area contributed by atoms with Gasteiger partial charge in [0.05, 0.1) is 15.5 Å². The van der Waals surface area contributed by atoms with Crippen LogP contribution in [0.15, 0.2) is 47.4 Å². The third-order valence-corrected chi connectivity index (χ3v) is 4.64. The molecule has 0 aliphatic carbocycles. The van der Waals surface area contributed by atoms with E-state index in [1.165, 1.54) is 30.3 Å². The summed E-state index contributed by atoms with van der Waals surface area (Å²) in [4.78, 5) is 11.9. The molecule has 0 spiro atoms. The van der Waals surface area contributed by atoms with Gasteiger partial charge < -0.3 is 10.1 Å². The highest BCUT2D eigenvalue weighted by Gasteiger charge is 2.33. The molecule has 26 heavy (non-hydrogen) atoms. The van der Waals surface area contributed by atoms with Crippen LogP contribution in [0.2, 0.25) is 5.02 Å². The van der Waals surface area contributed by atoms with Gasteiger partial charge in [-0.3, -0.25) is 4.79 Å². The van der Waals surface area contributed by atoms with E-state index in [2.05, 4.69) is 5.32 Å². The lowest BCUT2D eigenvalue weighted by atomic mass is 10.2. The van der Waals surface area contributed by atoms with Crippen molar-refractivity contribution in [3.05, 3.63) is 53.1 Å². The maximum atomic E-state index is 12.8. The molecule has 0 saturated carbocycles. The Labute approximate surface area is 152 Å². The smallest absolute Gasteiger partial charge is 0.417 e. The van der Waals surface area contributed by atoms with Crippen molar-refractivity contribution in [3.63, 3.8) is 0 Å². The van der Waals surface area contributed by atoms with Gasteiger partial charge in [0, 0.05) is 11.9 Å². The molecular weight excluding hydrogens is 395 g/mol. The molecule has 0 bridgehead atoms. The van der Waals surface area contributed by atoms with Crippen LogP contribution in [0.1, 0.15) is 5.56 Å². The Balaban J connectivity index is 1.99. The number of hydrogen-bond acceptors (Lipinski definition) is 4. The van der Waals surface area contributed by atoms with Crippen molar-refractivity contribution in [2.75, 3.05) is 18.2 Å². The van der Waals surface area contributed by atoms with Crippen molar-refractivity contribution in [1.29, 1.82) is 0 Å². The lowest BCUT2D eigenvalue weighted by Crippen LogP contribution is -2.20. The van der Waals surface area contributed by atoms with Crippen LogP contribution >= 0.6 is 11.6 Å². The Morgan fingerprint density at radius 3 is 2.31 bits per heavy atom. The fourth-order valence-corrected chi connectivity index (χ4v) is 2.80. The van der Waals surface area contributed by atoms with Crippen molar-refractivity contribution >= 4 is 33.0 Å². The summed E-state index contributed by atoms with van der Waals surface area (Å²) < 4.78 is 66.2. The highest BCUT2D eigenvalue weighted by atomic mass is 35.5. The Bertz CT molecular complexity index is 912. The average molecular weight is 408 g/mol. The topological polar surface area (TPSA) is 72.5 Å². The molecule has 1 N–H and O–H groups in total. The number of halogens is 4. The second kappa shape index (κ2) is 7.55. The zero-order chi connectivity index (χ0) is 19.5. The molecule has 0 heterocycles. The normalized spacial score (nSPS) is 11.9. The number of nitrogens with one attached hydrogen (secondary N) is 1. The van der Waals surface area contributed by atoms with Crippen molar-refractivity contribution in [1.82, 2.24) is 0 Å². The van der Waals surface area contributed by atoms with Crippen LogP contribution in [-0.4, -0.2) is 27.2 Å². The number of sulfone groups is 1. The zero-order valence-electron chi connectivity index (χ0n) is 13.3. The molecule has 0 aliphatic heterocycles. The first-order valence-electron chi connectivity index (χ1n) is 7.06. The van der Waals surface area contributed by atoms with E-state index in [4.69, 9.17) is 16.3 Å². The van der Waals surface area contributed by atoms with E-state index in [-0.39, 0.29) is 16.3 Å². The van der Waals surface area contributed by atoms with E-state index in [9.17, 15) is 26.4 Å².